The normalized spacial score (nSPS) is 26.1. The van der Waals surface area contributed by atoms with Gasteiger partial charge in [-0.05, 0) is 76.1 Å². The summed E-state index contributed by atoms with van der Waals surface area (Å²) in [6.45, 7) is 7.98. The van der Waals surface area contributed by atoms with Gasteiger partial charge in [-0.25, -0.2) is 0 Å². The number of hydrogen-bond donors (Lipinski definition) is 0. The summed E-state index contributed by atoms with van der Waals surface area (Å²) in [6.07, 6.45) is 4.01. The molecule has 2 heterocycles. The molecule has 1 aromatic heterocycles. The van der Waals surface area contributed by atoms with E-state index in [1.54, 1.807) is 0 Å². The molecule has 1 aliphatic heterocycles. The van der Waals surface area contributed by atoms with Gasteiger partial charge in [-0.1, -0.05) is 35.9 Å². The molecule has 2 aliphatic rings. The number of hydrogen-bond acceptors (Lipinski definition) is 4. The van der Waals surface area contributed by atoms with Crippen LogP contribution in [0.2, 0.25) is 0 Å². The van der Waals surface area contributed by atoms with Crippen LogP contribution in [0.25, 0.3) is 22.0 Å². The zero-order valence-electron chi connectivity index (χ0n) is 18.7. The van der Waals surface area contributed by atoms with E-state index in [0.717, 1.165) is 47.7 Å². The summed E-state index contributed by atoms with van der Waals surface area (Å²) < 4.78 is 13.6. The Balaban J connectivity index is 1.55. The molecule has 0 radical (unpaired) electrons. The van der Waals surface area contributed by atoms with Crippen molar-refractivity contribution in [2.24, 2.45) is 5.92 Å². The van der Waals surface area contributed by atoms with Crippen molar-refractivity contribution in [3.05, 3.63) is 63.4 Å². The quantitative estimate of drug-likeness (QED) is 0.568. The molecule has 0 bridgehead atoms. The number of aryl methyl sites for hydroxylation is 3. The topological polar surface area (TPSA) is 53.4 Å². The molecule has 0 spiro atoms. The molecule has 0 unspecified atom stereocenters. The average Bonchev–Trinajstić information content (AvgIpc) is 2.74. The minimum atomic E-state index is -0.0707. The molecule has 1 aliphatic carbocycles. The number of rotatable bonds is 3. The van der Waals surface area contributed by atoms with Crippen molar-refractivity contribution in [2.45, 2.75) is 72.0 Å². The number of aromatic nitrogens is 2. The molecule has 5 heteroatoms. The van der Waals surface area contributed by atoms with Crippen molar-refractivity contribution in [1.82, 2.24) is 9.78 Å². The van der Waals surface area contributed by atoms with Crippen molar-refractivity contribution in [3.8, 4) is 11.1 Å². The highest BCUT2D eigenvalue weighted by atomic mass is 16.9. The van der Waals surface area contributed by atoms with E-state index in [0.29, 0.717) is 11.6 Å². The highest BCUT2D eigenvalue weighted by Crippen LogP contribution is 2.39. The fourth-order valence-electron chi connectivity index (χ4n) is 5.26. The van der Waals surface area contributed by atoms with Crippen LogP contribution in [-0.4, -0.2) is 22.4 Å². The van der Waals surface area contributed by atoms with Gasteiger partial charge in [0.25, 0.3) is 0 Å². The van der Waals surface area contributed by atoms with E-state index in [4.69, 9.17) is 14.6 Å². The maximum absolute atomic E-state index is 13.2. The summed E-state index contributed by atoms with van der Waals surface area (Å²) in [6, 6.07) is 12.9. The maximum atomic E-state index is 13.2. The molecule has 0 atom stereocenters. The lowest BCUT2D eigenvalue weighted by Crippen LogP contribution is -2.45. The first-order chi connectivity index (χ1) is 14.9. The van der Waals surface area contributed by atoms with Gasteiger partial charge in [0.1, 0.15) is 5.69 Å². The van der Waals surface area contributed by atoms with Gasteiger partial charge in [-0.3, -0.25) is 9.48 Å². The molecule has 3 aromatic rings. The number of fused-ring (bicyclic) bond motifs is 1. The monoisotopic (exact) mass is 418 g/mol. The minimum Gasteiger partial charge on any atom is -0.324 e. The second-order valence-corrected chi connectivity index (χ2v) is 9.15. The van der Waals surface area contributed by atoms with Crippen LogP contribution < -0.4 is 5.43 Å². The Bertz CT molecular complexity index is 1190. The molecule has 0 amide bonds. The summed E-state index contributed by atoms with van der Waals surface area (Å²) in [7, 11) is 0. The molecule has 162 valence electrons. The molecular formula is C26H30N2O3. The predicted octanol–water partition coefficient (Wildman–Crippen LogP) is 5.44. The van der Waals surface area contributed by atoms with Crippen molar-refractivity contribution >= 4 is 10.9 Å². The van der Waals surface area contributed by atoms with E-state index in [2.05, 4.69) is 42.8 Å². The van der Waals surface area contributed by atoms with Crippen LogP contribution in [0.5, 0.6) is 0 Å². The fraction of sp³-hybridized carbons (Fsp3) is 0.462. The van der Waals surface area contributed by atoms with E-state index in [9.17, 15) is 4.79 Å². The Labute approximate surface area is 183 Å². The second-order valence-electron chi connectivity index (χ2n) is 9.15. The van der Waals surface area contributed by atoms with Gasteiger partial charge in [0.05, 0.1) is 16.9 Å². The molecule has 2 fully saturated rings. The van der Waals surface area contributed by atoms with Crippen LogP contribution in [0.4, 0.5) is 0 Å². The maximum Gasteiger partial charge on any atom is 0.211 e. The van der Waals surface area contributed by atoms with Gasteiger partial charge < -0.3 is 9.47 Å². The lowest BCUT2D eigenvalue weighted by Gasteiger charge is -2.41. The Morgan fingerprint density at radius 2 is 1.71 bits per heavy atom. The zero-order chi connectivity index (χ0) is 21.7. The average molecular weight is 419 g/mol. The van der Waals surface area contributed by atoms with Gasteiger partial charge in [0.2, 0.25) is 5.43 Å². The summed E-state index contributed by atoms with van der Waals surface area (Å²) in [5.74, 6) is 0.449. The Morgan fingerprint density at radius 3 is 2.39 bits per heavy atom. The lowest BCUT2D eigenvalue weighted by atomic mass is 9.85. The SMILES string of the molecule is Cc1ccc(-c2cccc3c2c(=O)c(C)nn3C2CCC(C3OC(C)O3)CC2)c(C)c1. The van der Waals surface area contributed by atoms with E-state index >= 15 is 0 Å². The molecule has 0 N–H and O–H groups in total. The third-order valence-corrected chi connectivity index (χ3v) is 6.90. The Morgan fingerprint density at radius 1 is 0.968 bits per heavy atom. The zero-order valence-corrected chi connectivity index (χ0v) is 18.7. The van der Waals surface area contributed by atoms with Crippen molar-refractivity contribution < 1.29 is 9.47 Å². The summed E-state index contributed by atoms with van der Waals surface area (Å²) in [5.41, 5.74) is 6.04. The van der Waals surface area contributed by atoms with Crippen LogP contribution in [-0.2, 0) is 9.47 Å². The molecule has 31 heavy (non-hydrogen) atoms. The first kappa shape index (κ1) is 20.4. The lowest BCUT2D eigenvalue weighted by molar-refractivity contribution is -0.394. The van der Waals surface area contributed by atoms with Gasteiger partial charge >= 0.3 is 0 Å². The largest absolute Gasteiger partial charge is 0.324 e. The molecule has 5 rings (SSSR count). The molecular weight excluding hydrogens is 388 g/mol. The highest BCUT2D eigenvalue weighted by Gasteiger charge is 2.37. The van der Waals surface area contributed by atoms with Crippen LogP contribution >= 0.6 is 0 Å². The standard InChI is InChI=1S/C26H30N2O3/c1-15-8-13-21(16(2)14-15)22-6-5-7-23-24(22)25(29)17(3)27-28(23)20-11-9-19(10-12-20)26-30-18(4)31-26/h5-8,13-14,18-20,26H,9-12H2,1-4H3. The van der Waals surface area contributed by atoms with E-state index < -0.39 is 0 Å². The summed E-state index contributed by atoms with van der Waals surface area (Å²) >= 11 is 0. The third-order valence-electron chi connectivity index (χ3n) is 6.90. The van der Waals surface area contributed by atoms with E-state index in [1.165, 1.54) is 11.1 Å². The van der Waals surface area contributed by atoms with Gasteiger partial charge in [0, 0.05) is 5.92 Å². The van der Waals surface area contributed by atoms with Gasteiger partial charge in [-0.2, -0.15) is 5.10 Å². The first-order valence-corrected chi connectivity index (χ1v) is 11.3. The second kappa shape index (κ2) is 7.88. The Kier molecular flexibility index (Phi) is 5.19. The molecule has 1 saturated heterocycles. The van der Waals surface area contributed by atoms with Crippen molar-refractivity contribution in [1.29, 1.82) is 0 Å². The molecule has 2 aromatic carbocycles. The summed E-state index contributed by atoms with van der Waals surface area (Å²) in [4.78, 5) is 13.2. The molecule has 5 nitrogen and oxygen atoms in total. The predicted molar refractivity (Wildman–Crippen MR) is 122 cm³/mol. The number of benzene rings is 2. The van der Waals surface area contributed by atoms with Crippen LogP contribution in [0.3, 0.4) is 0 Å². The highest BCUT2D eigenvalue weighted by molar-refractivity contribution is 5.95. The minimum absolute atomic E-state index is 0.0285. The number of nitrogens with zero attached hydrogens (tertiary/aromatic N) is 2. The first-order valence-electron chi connectivity index (χ1n) is 11.3. The van der Waals surface area contributed by atoms with Crippen LogP contribution in [0, 0.1) is 26.7 Å². The van der Waals surface area contributed by atoms with E-state index in [1.807, 2.05) is 26.0 Å². The third kappa shape index (κ3) is 3.60. The smallest absolute Gasteiger partial charge is 0.211 e. The molecule has 1 saturated carbocycles. The van der Waals surface area contributed by atoms with Gasteiger partial charge in [-0.15, -0.1) is 0 Å². The fourth-order valence-corrected chi connectivity index (χ4v) is 5.26. The van der Waals surface area contributed by atoms with Crippen molar-refractivity contribution in [2.75, 3.05) is 0 Å². The van der Waals surface area contributed by atoms with Crippen LogP contribution in [0.15, 0.2) is 41.2 Å². The van der Waals surface area contributed by atoms with E-state index in [-0.39, 0.29) is 24.1 Å². The van der Waals surface area contributed by atoms with Crippen LogP contribution in [0.1, 0.15) is 55.5 Å². The summed E-state index contributed by atoms with van der Waals surface area (Å²) in [5, 5.41) is 5.53. The van der Waals surface area contributed by atoms with Gasteiger partial charge in [0.15, 0.2) is 12.6 Å². The Hall–Kier alpha value is -2.50. The number of ether oxygens (including phenoxy) is 2. The van der Waals surface area contributed by atoms with Crippen molar-refractivity contribution in [3.63, 3.8) is 0 Å².